The van der Waals surface area contributed by atoms with Crippen LogP contribution in [-0.4, -0.2) is 5.91 Å². The number of nitrogens with one attached hydrogen (secondary N) is 1. The van der Waals surface area contributed by atoms with Gasteiger partial charge in [0.15, 0.2) is 0 Å². The third-order valence-corrected chi connectivity index (χ3v) is 3.15. The molecule has 0 aliphatic carbocycles. The van der Waals surface area contributed by atoms with E-state index in [2.05, 4.69) is 21.2 Å². The van der Waals surface area contributed by atoms with Gasteiger partial charge in [-0.3, -0.25) is 4.79 Å². The Labute approximate surface area is 117 Å². The Hall–Kier alpha value is -1.75. The molecule has 2 aromatic rings. The number of hydrogen-bond acceptors (Lipinski definition) is 1. The van der Waals surface area contributed by atoms with E-state index >= 15 is 0 Å². The Morgan fingerprint density at radius 2 is 1.89 bits per heavy atom. The summed E-state index contributed by atoms with van der Waals surface area (Å²) in [6.45, 7) is 1.84. The smallest absolute Gasteiger partial charge is 0.255 e. The van der Waals surface area contributed by atoms with Gasteiger partial charge in [-0.05, 0) is 41.1 Å². The van der Waals surface area contributed by atoms with Gasteiger partial charge < -0.3 is 5.32 Å². The van der Waals surface area contributed by atoms with Crippen molar-refractivity contribution in [1.29, 1.82) is 0 Å². The van der Waals surface area contributed by atoms with Crippen LogP contribution in [-0.2, 0) is 0 Å². The van der Waals surface area contributed by atoms with Crippen molar-refractivity contribution in [3.05, 3.63) is 63.6 Å². The van der Waals surface area contributed by atoms with Crippen molar-refractivity contribution in [2.75, 3.05) is 5.32 Å². The van der Waals surface area contributed by atoms with Gasteiger partial charge in [0.2, 0.25) is 0 Å². The number of halogens is 3. The van der Waals surface area contributed by atoms with Gasteiger partial charge in [-0.25, -0.2) is 8.78 Å². The van der Waals surface area contributed by atoms with E-state index in [0.717, 1.165) is 17.7 Å². The second-order valence-electron chi connectivity index (χ2n) is 4.07. The fraction of sp³-hybridized carbons (Fsp3) is 0.0714. The van der Waals surface area contributed by atoms with Crippen LogP contribution in [0, 0.1) is 18.6 Å². The molecule has 0 saturated carbocycles. The van der Waals surface area contributed by atoms with Crippen LogP contribution in [0.4, 0.5) is 14.5 Å². The third-order valence-electron chi connectivity index (χ3n) is 2.54. The molecule has 0 saturated heterocycles. The molecule has 1 N–H and O–H groups in total. The van der Waals surface area contributed by atoms with Crippen molar-refractivity contribution in [2.24, 2.45) is 0 Å². The van der Waals surface area contributed by atoms with E-state index in [-0.39, 0.29) is 10.2 Å². The highest BCUT2D eigenvalue weighted by atomic mass is 79.9. The second kappa shape index (κ2) is 5.48. The van der Waals surface area contributed by atoms with Gasteiger partial charge in [0.05, 0.1) is 10.2 Å². The molecule has 98 valence electrons. The van der Waals surface area contributed by atoms with Crippen LogP contribution in [0.25, 0.3) is 0 Å². The zero-order valence-electron chi connectivity index (χ0n) is 10.0. The monoisotopic (exact) mass is 325 g/mol. The summed E-state index contributed by atoms with van der Waals surface area (Å²) in [5, 5.41) is 2.35. The molecule has 0 spiro atoms. The van der Waals surface area contributed by atoms with Gasteiger partial charge in [0.25, 0.3) is 5.91 Å². The molecule has 0 fully saturated rings. The SMILES string of the molecule is Cc1cccc(C(=O)Nc2cc(F)c(Br)cc2F)c1. The number of anilines is 1. The molecule has 2 nitrogen and oxygen atoms in total. The molecule has 2 rings (SSSR count). The van der Waals surface area contributed by atoms with E-state index in [0.29, 0.717) is 5.56 Å². The summed E-state index contributed by atoms with van der Waals surface area (Å²) in [6.07, 6.45) is 0. The fourth-order valence-electron chi connectivity index (χ4n) is 1.60. The van der Waals surface area contributed by atoms with Crippen LogP contribution in [0.2, 0.25) is 0 Å². The molecular weight excluding hydrogens is 316 g/mol. The largest absolute Gasteiger partial charge is 0.319 e. The van der Waals surface area contributed by atoms with Crippen molar-refractivity contribution in [3.8, 4) is 0 Å². The molecule has 0 aliphatic rings. The number of carbonyl (C=O) groups excluding carboxylic acids is 1. The van der Waals surface area contributed by atoms with Gasteiger partial charge in [-0.2, -0.15) is 0 Å². The van der Waals surface area contributed by atoms with E-state index in [1.807, 2.05) is 13.0 Å². The number of hydrogen-bond donors (Lipinski definition) is 1. The minimum absolute atomic E-state index is 0.0126. The highest BCUT2D eigenvalue weighted by Crippen LogP contribution is 2.23. The Kier molecular flexibility index (Phi) is 3.95. The summed E-state index contributed by atoms with van der Waals surface area (Å²) in [6, 6.07) is 8.76. The molecule has 0 bridgehead atoms. The highest BCUT2D eigenvalue weighted by Gasteiger charge is 2.12. The third kappa shape index (κ3) is 3.17. The van der Waals surface area contributed by atoms with Crippen molar-refractivity contribution >= 4 is 27.5 Å². The minimum atomic E-state index is -0.700. The predicted octanol–water partition coefficient (Wildman–Crippen LogP) is 4.29. The Balaban J connectivity index is 2.27. The Morgan fingerprint density at radius 1 is 1.16 bits per heavy atom. The van der Waals surface area contributed by atoms with Crippen molar-refractivity contribution in [2.45, 2.75) is 6.92 Å². The van der Waals surface area contributed by atoms with Gasteiger partial charge in [-0.1, -0.05) is 17.7 Å². The quantitative estimate of drug-likeness (QED) is 0.820. The number of amides is 1. The number of aryl methyl sites for hydroxylation is 1. The lowest BCUT2D eigenvalue weighted by molar-refractivity contribution is 0.102. The molecule has 0 radical (unpaired) electrons. The van der Waals surface area contributed by atoms with Crippen LogP contribution in [0.5, 0.6) is 0 Å². The van der Waals surface area contributed by atoms with Crippen molar-refractivity contribution in [1.82, 2.24) is 0 Å². The number of benzene rings is 2. The molecule has 0 atom stereocenters. The molecule has 19 heavy (non-hydrogen) atoms. The molecule has 0 aliphatic heterocycles. The molecule has 0 heterocycles. The average molecular weight is 326 g/mol. The highest BCUT2D eigenvalue weighted by molar-refractivity contribution is 9.10. The first-order valence-electron chi connectivity index (χ1n) is 5.50. The van der Waals surface area contributed by atoms with Crippen LogP contribution in [0.1, 0.15) is 15.9 Å². The lowest BCUT2D eigenvalue weighted by atomic mass is 10.1. The first kappa shape index (κ1) is 13.7. The van der Waals surface area contributed by atoms with Gasteiger partial charge in [0, 0.05) is 11.6 Å². The summed E-state index contributed by atoms with van der Waals surface area (Å²) >= 11 is 2.87. The molecule has 0 unspecified atom stereocenters. The molecular formula is C14H10BrF2NO. The van der Waals surface area contributed by atoms with Gasteiger partial charge in [0.1, 0.15) is 11.6 Å². The van der Waals surface area contributed by atoms with E-state index in [1.54, 1.807) is 18.2 Å². The van der Waals surface area contributed by atoms with Crippen LogP contribution < -0.4 is 5.32 Å². The fourth-order valence-corrected chi connectivity index (χ4v) is 1.91. The standard InChI is InChI=1S/C14H10BrF2NO/c1-8-3-2-4-9(5-8)14(19)18-13-7-11(16)10(15)6-12(13)17/h2-7H,1H3,(H,18,19). The average Bonchev–Trinajstić information content (AvgIpc) is 2.36. The number of rotatable bonds is 2. The Morgan fingerprint density at radius 3 is 2.58 bits per heavy atom. The van der Waals surface area contributed by atoms with Gasteiger partial charge >= 0.3 is 0 Å². The maximum Gasteiger partial charge on any atom is 0.255 e. The van der Waals surface area contributed by atoms with E-state index < -0.39 is 17.5 Å². The van der Waals surface area contributed by atoms with Crippen LogP contribution in [0.15, 0.2) is 40.9 Å². The first-order valence-corrected chi connectivity index (χ1v) is 6.29. The normalized spacial score (nSPS) is 10.3. The Bertz CT molecular complexity index is 643. The molecule has 1 amide bonds. The zero-order valence-corrected chi connectivity index (χ0v) is 11.6. The maximum absolute atomic E-state index is 13.6. The lowest BCUT2D eigenvalue weighted by Crippen LogP contribution is -2.13. The molecule has 5 heteroatoms. The van der Waals surface area contributed by atoms with Crippen LogP contribution >= 0.6 is 15.9 Å². The van der Waals surface area contributed by atoms with Gasteiger partial charge in [-0.15, -0.1) is 0 Å². The second-order valence-corrected chi connectivity index (χ2v) is 4.92. The van der Waals surface area contributed by atoms with Crippen molar-refractivity contribution < 1.29 is 13.6 Å². The minimum Gasteiger partial charge on any atom is -0.319 e. The summed E-state index contributed by atoms with van der Waals surface area (Å²) in [5.41, 5.74) is 1.12. The maximum atomic E-state index is 13.6. The molecule has 2 aromatic carbocycles. The lowest BCUT2D eigenvalue weighted by Gasteiger charge is -2.08. The summed E-state index contributed by atoms with van der Waals surface area (Å²) in [4.78, 5) is 11.9. The topological polar surface area (TPSA) is 29.1 Å². The number of carbonyl (C=O) groups is 1. The van der Waals surface area contributed by atoms with E-state index in [9.17, 15) is 13.6 Å². The summed E-state index contributed by atoms with van der Waals surface area (Å²) in [7, 11) is 0. The first-order chi connectivity index (χ1) is 8.97. The summed E-state index contributed by atoms with van der Waals surface area (Å²) < 4.78 is 26.9. The van der Waals surface area contributed by atoms with Crippen LogP contribution in [0.3, 0.4) is 0 Å². The summed E-state index contributed by atoms with van der Waals surface area (Å²) in [5.74, 6) is -1.82. The predicted molar refractivity (Wildman–Crippen MR) is 73.2 cm³/mol. The van der Waals surface area contributed by atoms with Crippen molar-refractivity contribution in [3.63, 3.8) is 0 Å². The van der Waals surface area contributed by atoms with E-state index in [4.69, 9.17) is 0 Å². The molecule has 0 aromatic heterocycles. The zero-order chi connectivity index (χ0) is 14.0. The van der Waals surface area contributed by atoms with E-state index in [1.165, 1.54) is 0 Å².